The molecule has 1 aliphatic rings. The van der Waals surface area contributed by atoms with Crippen molar-refractivity contribution < 1.29 is 22.0 Å². The fourth-order valence-electron chi connectivity index (χ4n) is 4.42. The number of piperazine rings is 1. The molecule has 3 heterocycles. The van der Waals surface area contributed by atoms with E-state index in [4.69, 9.17) is 13.6 Å². The van der Waals surface area contributed by atoms with Crippen molar-refractivity contribution >= 4 is 15.9 Å². The van der Waals surface area contributed by atoms with E-state index in [2.05, 4.69) is 11.1 Å². The minimum absolute atomic E-state index is 0.125. The molecule has 2 aromatic heterocycles. The number of furan rings is 1. The molecule has 1 fully saturated rings. The molecule has 0 saturated carbocycles. The van der Waals surface area contributed by atoms with Crippen LogP contribution in [0.1, 0.15) is 28.1 Å². The predicted octanol–water partition coefficient (Wildman–Crippen LogP) is 4.82. The van der Waals surface area contributed by atoms with Gasteiger partial charge in [0.25, 0.3) is 5.89 Å². The molecule has 0 amide bonds. The van der Waals surface area contributed by atoms with E-state index < -0.39 is 10.0 Å². The van der Waals surface area contributed by atoms with Gasteiger partial charge in [-0.3, -0.25) is 0 Å². The average Bonchev–Trinajstić information content (AvgIpc) is 3.55. The second-order valence-electron chi connectivity index (χ2n) is 9.31. The van der Waals surface area contributed by atoms with Crippen molar-refractivity contribution in [2.75, 3.05) is 31.1 Å². The Labute approximate surface area is 221 Å². The van der Waals surface area contributed by atoms with Crippen molar-refractivity contribution in [1.82, 2.24) is 9.29 Å². The fraction of sp³-hybridized carbons (Fsp3) is 0.286. The van der Waals surface area contributed by atoms with Crippen LogP contribution >= 0.6 is 0 Å². The molecule has 0 N–H and O–H groups in total. The number of hydrogen-bond donors (Lipinski definition) is 0. The minimum Gasteiger partial charge on any atom is -0.486 e. The molecule has 10 heteroatoms. The number of anilines is 1. The molecule has 0 unspecified atom stereocenters. The second kappa shape index (κ2) is 10.4. The summed E-state index contributed by atoms with van der Waals surface area (Å²) in [5.74, 6) is 2.19. The number of aryl methyl sites for hydroxylation is 3. The van der Waals surface area contributed by atoms with E-state index in [9.17, 15) is 13.7 Å². The van der Waals surface area contributed by atoms with E-state index in [1.165, 1.54) is 4.31 Å². The summed E-state index contributed by atoms with van der Waals surface area (Å²) in [5.41, 5.74) is 3.01. The van der Waals surface area contributed by atoms with Gasteiger partial charge in [0, 0.05) is 26.2 Å². The molecule has 0 radical (unpaired) electrons. The summed E-state index contributed by atoms with van der Waals surface area (Å²) in [4.78, 5) is 6.47. The zero-order valence-electron chi connectivity index (χ0n) is 21.5. The Hall–Kier alpha value is -4.07. The van der Waals surface area contributed by atoms with Crippen LogP contribution < -0.4 is 9.64 Å². The van der Waals surface area contributed by atoms with E-state index in [1.807, 2.05) is 49.1 Å². The molecule has 9 nitrogen and oxygen atoms in total. The summed E-state index contributed by atoms with van der Waals surface area (Å²) in [6, 6.07) is 18.6. The molecular formula is C28H28N4O5S. The van der Waals surface area contributed by atoms with Crippen LogP contribution in [-0.4, -0.2) is 43.9 Å². The lowest BCUT2D eigenvalue weighted by molar-refractivity contribution is 0.271. The van der Waals surface area contributed by atoms with Crippen LogP contribution in [0.15, 0.2) is 68.3 Å². The molecule has 38 heavy (non-hydrogen) atoms. The van der Waals surface area contributed by atoms with Gasteiger partial charge in [0.05, 0.1) is 4.90 Å². The van der Waals surface area contributed by atoms with E-state index >= 15 is 0 Å². The lowest BCUT2D eigenvalue weighted by Crippen LogP contribution is -2.48. The molecular weight excluding hydrogens is 504 g/mol. The van der Waals surface area contributed by atoms with E-state index in [0.717, 1.165) is 22.4 Å². The summed E-state index contributed by atoms with van der Waals surface area (Å²) in [7, 11) is -3.63. The van der Waals surface area contributed by atoms with E-state index in [1.54, 1.807) is 31.2 Å². The van der Waals surface area contributed by atoms with E-state index in [0.29, 0.717) is 35.4 Å². The molecule has 0 bridgehead atoms. The van der Waals surface area contributed by atoms with Crippen LogP contribution in [0.5, 0.6) is 5.75 Å². The monoisotopic (exact) mass is 532 g/mol. The molecule has 2 aromatic carbocycles. The van der Waals surface area contributed by atoms with Gasteiger partial charge in [-0.05, 0) is 56.7 Å². The number of oxazole rings is 1. The van der Waals surface area contributed by atoms with Crippen molar-refractivity contribution in [1.29, 1.82) is 5.26 Å². The summed E-state index contributed by atoms with van der Waals surface area (Å²) in [5, 5.41) is 9.67. The van der Waals surface area contributed by atoms with Gasteiger partial charge in [-0.2, -0.15) is 14.6 Å². The van der Waals surface area contributed by atoms with Crippen LogP contribution in [0.25, 0.3) is 11.7 Å². The largest absolute Gasteiger partial charge is 0.486 e. The van der Waals surface area contributed by atoms with Crippen LogP contribution in [-0.2, 0) is 16.6 Å². The Morgan fingerprint density at radius 1 is 0.947 bits per heavy atom. The highest BCUT2D eigenvalue weighted by molar-refractivity contribution is 7.89. The third kappa shape index (κ3) is 5.16. The van der Waals surface area contributed by atoms with E-state index in [-0.39, 0.29) is 31.3 Å². The Balaban J connectivity index is 1.27. The standard InChI is InChI=1S/C28H28N4O5S/c1-19-4-7-22(8-5-19)35-18-23-9-10-25(36-23)27-30-24(17-29)28(37-27)31-12-14-32(15-13-31)38(33,34)26-11-6-20(2)16-21(26)3/h4-11,16H,12-15,18H2,1-3H3. The van der Waals surface area contributed by atoms with Crippen molar-refractivity contribution in [2.24, 2.45) is 0 Å². The molecule has 1 aliphatic heterocycles. The zero-order valence-corrected chi connectivity index (χ0v) is 22.3. The van der Waals surface area contributed by atoms with Crippen LogP contribution in [0, 0.1) is 32.1 Å². The number of ether oxygens (including phenoxy) is 1. The highest BCUT2D eigenvalue weighted by Gasteiger charge is 2.32. The fourth-order valence-corrected chi connectivity index (χ4v) is 6.05. The van der Waals surface area contributed by atoms with Crippen molar-refractivity contribution in [2.45, 2.75) is 32.3 Å². The Morgan fingerprint density at radius 3 is 2.34 bits per heavy atom. The van der Waals surface area contributed by atoms with Gasteiger partial charge < -0.3 is 18.5 Å². The van der Waals surface area contributed by atoms with Crippen LogP contribution in [0.3, 0.4) is 0 Å². The molecule has 196 valence electrons. The number of sulfonamides is 1. The first-order chi connectivity index (χ1) is 18.2. The Bertz CT molecular complexity index is 1590. The van der Waals surface area contributed by atoms with Crippen molar-refractivity contribution in [3.8, 4) is 23.5 Å². The molecule has 1 saturated heterocycles. The summed E-state index contributed by atoms with van der Waals surface area (Å²) in [6.07, 6.45) is 0. The second-order valence-corrected chi connectivity index (χ2v) is 11.2. The highest BCUT2D eigenvalue weighted by atomic mass is 32.2. The first kappa shape index (κ1) is 25.6. The minimum atomic E-state index is -3.63. The number of rotatable bonds is 7. The quantitative estimate of drug-likeness (QED) is 0.333. The van der Waals surface area contributed by atoms with Gasteiger partial charge in [-0.15, -0.1) is 0 Å². The third-order valence-electron chi connectivity index (χ3n) is 6.46. The SMILES string of the molecule is Cc1ccc(OCc2ccc(-c3nc(C#N)c(N4CCN(S(=O)(=O)c5ccc(C)cc5C)CC4)o3)o2)cc1. The number of aromatic nitrogens is 1. The highest BCUT2D eigenvalue weighted by Crippen LogP contribution is 2.31. The smallest absolute Gasteiger partial charge is 0.266 e. The van der Waals surface area contributed by atoms with Gasteiger partial charge in [0.15, 0.2) is 5.76 Å². The number of hydrogen-bond acceptors (Lipinski definition) is 8. The first-order valence-corrected chi connectivity index (χ1v) is 13.7. The molecule has 4 aromatic rings. The Morgan fingerprint density at radius 2 is 1.66 bits per heavy atom. The summed E-state index contributed by atoms with van der Waals surface area (Å²) >= 11 is 0. The summed E-state index contributed by atoms with van der Waals surface area (Å²) in [6.45, 7) is 7.23. The van der Waals surface area contributed by atoms with Crippen LogP contribution in [0.4, 0.5) is 5.88 Å². The molecule has 0 aliphatic carbocycles. The number of nitrogens with zero attached hydrogens (tertiary/aromatic N) is 4. The number of nitriles is 1. The van der Waals surface area contributed by atoms with Crippen molar-refractivity contribution in [3.05, 3.63) is 82.7 Å². The maximum Gasteiger partial charge on any atom is 0.266 e. The summed E-state index contributed by atoms with van der Waals surface area (Å²) < 4.78 is 45.5. The normalized spacial score (nSPS) is 14.4. The molecule has 0 spiro atoms. The lowest BCUT2D eigenvalue weighted by atomic mass is 10.2. The topological polar surface area (TPSA) is 113 Å². The average molecular weight is 533 g/mol. The third-order valence-corrected chi connectivity index (χ3v) is 8.52. The first-order valence-electron chi connectivity index (χ1n) is 12.3. The van der Waals surface area contributed by atoms with Gasteiger partial charge in [-0.25, -0.2) is 8.42 Å². The Kier molecular flexibility index (Phi) is 6.97. The zero-order chi connectivity index (χ0) is 26.9. The maximum absolute atomic E-state index is 13.2. The molecule has 5 rings (SSSR count). The number of benzene rings is 2. The van der Waals surface area contributed by atoms with Gasteiger partial charge >= 0.3 is 0 Å². The van der Waals surface area contributed by atoms with Crippen molar-refractivity contribution in [3.63, 3.8) is 0 Å². The predicted molar refractivity (Wildman–Crippen MR) is 141 cm³/mol. The lowest BCUT2D eigenvalue weighted by Gasteiger charge is -2.34. The van der Waals surface area contributed by atoms with Gasteiger partial charge in [0.2, 0.25) is 21.6 Å². The van der Waals surface area contributed by atoms with Gasteiger partial charge in [0.1, 0.15) is 24.2 Å². The van der Waals surface area contributed by atoms with Gasteiger partial charge in [-0.1, -0.05) is 35.4 Å². The molecule has 0 atom stereocenters. The van der Waals surface area contributed by atoms with Crippen LogP contribution in [0.2, 0.25) is 0 Å². The maximum atomic E-state index is 13.2.